The van der Waals surface area contributed by atoms with Gasteiger partial charge in [-0.3, -0.25) is 0 Å². The molecular formula is C13H14BrClN2O2S. The summed E-state index contributed by atoms with van der Waals surface area (Å²) in [5, 5.41) is 0. The van der Waals surface area contributed by atoms with Gasteiger partial charge < -0.3 is 4.57 Å². The van der Waals surface area contributed by atoms with Gasteiger partial charge in [-0.1, -0.05) is 15.9 Å². The monoisotopic (exact) mass is 376 g/mol. The molecule has 1 fully saturated rings. The summed E-state index contributed by atoms with van der Waals surface area (Å²) in [6.45, 7) is 0. The van der Waals surface area contributed by atoms with Crippen LogP contribution >= 0.6 is 27.5 Å². The van der Waals surface area contributed by atoms with Gasteiger partial charge in [-0.25, -0.2) is 13.4 Å². The third-order valence-electron chi connectivity index (χ3n) is 3.62. The van der Waals surface area contributed by atoms with Crippen LogP contribution < -0.4 is 0 Å². The molecule has 1 aromatic carbocycles. The van der Waals surface area contributed by atoms with Gasteiger partial charge in [-0.15, -0.1) is 11.6 Å². The summed E-state index contributed by atoms with van der Waals surface area (Å²) in [7, 11) is -2.92. The van der Waals surface area contributed by atoms with E-state index in [1.54, 1.807) is 0 Å². The first-order valence-corrected chi connectivity index (χ1v) is 9.58. The normalized spacial score (nSPS) is 21.6. The van der Waals surface area contributed by atoms with Gasteiger partial charge in [-0.2, -0.15) is 0 Å². The summed E-state index contributed by atoms with van der Waals surface area (Å²) >= 11 is 9.28. The van der Waals surface area contributed by atoms with Crippen LogP contribution in [0.25, 0.3) is 11.0 Å². The van der Waals surface area contributed by atoms with E-state index in [-0.39, 0.29) is 17.5 Å². The van der Waals surface area contributed by atoms with Crippen LogP contribution in [0.15, 0.2) is 22.7 Å². The zero-order chi connectivity index (χ0) is 14.3. The Morgan fingerprint density at radius 1 is 1.45 bits per heavy atom. The highest BCUT2D eigenvalue weighted by Gasteiger charge is 2.31. The first kappa shape index (κ1) is 14.4. The summed E-state index contributed by atoms with van der Waals surface area (Å²) < 4.78 is 26.5. The number of aromatic nitrogens is 2. The molecule has 2 heterocycles. The lowest BCUT2D eigenvalue weighted by molar-refractivity contribution is 0.548. The van der Waals surface area contributed by atoms with Crippen LogP contribution in [-0.2, 0) is 16.3 Å². The van der Waals surface area contributed by atoms with Crippen molar-refractivity contribution in [1.82, 2.24) is 9.55 Å². The first-order chi connectivity index (χ1) is 9.50. The molecule has 0 bridgehead atoms. The summed E-state index contributed by atoms with van der Waals surface area (Å²) in [6.07, 6.45) is 1.30. The Bertz CT molecular complexity index is 757. The number of nitrogens with zero attached hydrogens (tertiary/aromatic N) is 2. The average molecular weight is 378 g/mol. The van der Waals surface area contributed by atoms with Crippen molar-refractivity contribution in [3.05, 3.63) is 28.5 Å². The smallest absolute Gasteiger partial charge is 0.152 e. The van der Waals surface area contributed by atoms with Gasteiger partial charge in [-0.05, 0) is 24.6 Å². The molecule has 0 N–H and O–H groups in total. The topological polar surface area (TPSA) is 52.0 Å². The van der Waals surface area contributed by atoms with E-state index in [4.69, 9.17) is 11.6 Å². The highest BCUT2D eigenvalue weighted by molar-refractivity contribution is 9.10. The maximum absolute atomic E-state index is 11.7. The average Bonchev–Trinajstić information content (AvgIpc) is 2.89. The Labute approximate surface area is 131 Å². The van der Waals surface area contributed by atoms with Crippen molar-refractivity contribution in [1.29, 1.82) is 0 Å². The summed E-state index contributed by atoms with van der Waals surface area (Å²) in [5.41, 5.74) is 1.86. The molecule has 108 valence electrons. The van der Waals surface area contributed by atoms with Crippen LogP contribution in [0, 0.1) is 0 Å². The Morgan fingerprint density at radius 2 is 2.25 bits per heavy atom. The predicted molar refractivity (Wildman–Crippen MR) is 84.2 cm³/mol. The van der Waals surface area contributed by atoms with Crippen molar-refractivity contribution in [2.24, 2.45) is 0 Å². The molecule has 1 aliphatic rings. The van der Waals surface area contributed by atoms with Crippen molar-refractivity contribution in [2.45, 2.75) is 18.9 Å². The summed E-state index contributed by atoms with van der Waals surface area (Å²) in [5.74, 6) is 1.80. The van der Waals surface area contributed by atoms with Gasteiger partial charge in [0.25, 0.3) is 0 Å². The van der Waals surface area contributed by atoms with Crippen LogP contribution in [0.3, 0.4) is 0 Å². The van der Waals surface area contributed by atoms with Crippen LogP contribution in [0.4, 0.5) is 0 Å². The number of alkyl halides is 1. The standard InChI is InChI=1S/C13H14BrClN2O2S/c14-9-1-2-12-11(7-9)16-13(3-5-15)17(12)10-4-6-20(18,19)8-10/h1-2,7,10H,3-6,8H2. The third-order valence-corrected chi connectivity index (χ3v) is 6.05. The van der Waals surface area contributed by atoms with Crippen LogP contribution in [0.2, 0.25) is 0 Å². The number of rotatable bonds is 3. The number of hydrogen-bond donors (Lipinski definition) is 0. The van der Waals surface area contributed by atoms with E-state index in [1.165, 1.54) is 0 Å². The van der Waals surface area contributed by atoms with E-state index in [9.17, 15) is 8.42 Å². The Kier molecular flexibility index (Phi) is 3.81. The molecule has 1 aliphatic heterocycles. The van der Waals surface area contributed by atoms with E-state index < -0.39 is 9.84 Å². The number of fused-ring (bicyclic) bond motifs is 1. The number of halogens is 2. The van der Waals surface area contributed by atoms with E-state index in [0.29, 0.717) is 18.7 Å². The van der Waals surface area contributed by atoms with Crippen LogP contribution in [0.5, 0.6) is 0 Å². The second-order valence-corrected chi connectivity index (χ2v) is 8.55. The SMILES string of the molecule is O=S1(=O)CCC(n2c(CCCl)nc3cc(Br)ccc32)C1. The fourth-order valence-electron chi connectivity index (χ4n) is 2.77. The molecule has 20 heavy (non-hydrogen) atoms. The molecule has 1 atom stereocenters. The van der Waals surface area contributed by atoms with Crippen molar-refractivity contribution >= 4 is 48.4 Å². The zero-order valence-corrected chi connectivity index (χ0v) is 13.9. The Morgan fingerprint density at radius 3 is 2.90 bits per heavy atom. The molecular weight excluding hydrogens is 364 g/mol. The predicted octanol–water partition coefficient (Wildman–Crippen LogP) is 2.94. The maximum atomic E-state index is 11.7. The van der Waals surface area contributed by atoms with Gasteiger partial charge in [0.1, 0.15) is 5.82 Å². The highest BCUT2D eigenvalue weighted by Crippen LogP contribution is 2.30. The van der Waals surface area contributed by atoms with Crippen LogP contribution in [0.1, 0.15) is 18.3 Å². The number of imidazole rings is 1. The minimum absolute atomic E-state index is 0.0237. The van der Waals surface area contributed by atoms with Gasteiger partial charge in [0.05, 0.1) is 28.6 Å². The summed E-state index contributed by atoms with van der Waals surface area (Å²) in [4.78, 5) is 4.61. The molecule has 1 unspecified atom stereocenters. The van der Waals surface area contributed by atoms with E-state index >= 15 is 0 Å². The van der Waals surface area contributed by atoms with E-state index in [1.807, 2.05) is 18.2 Å². The molecule has 3 rings (SSSR count). The molecule has 0 saturated carbocycles. The molecule has 4 nitrogen and oxygen atoms in total. The van der Waals surface area contributed by atoms with Crippen molar-refractivity contribution in [3.63, 3.8) is 0 Å². The van der Waals surface area contributed by atoms with Gasteiger partial charge in [0.2, 0.25) is 0 Å². The van der Waals surface area contributed by atoms with Crippen molar-refractivity contribution < 1.29 is 8.42 Å². The highest BCUT2D eigenvalue weighted by atomic mass is 79.9. The lowest BCUT2D eigenvalue weighted by Gasteiger charge is -2.14. The minimum atomic E-state index is -2.92. The number of benzene rings is 1. The van der Waals surface area contributed by atoms with Crippen molar-refractivity contribution in [2.75, 3.05) is 17.4 Å². The molecule has 0 aliphatic carbocycles. The van der Waals surface area contributed by atoms with Gasteiger partial charge in [0, 0.05) is 16.8 Å². The van der Waals surface area contributed by atoms with Crippen LogP contribution in [-0.4, -0.2) is 35.4 Å². The number of sulfone groups is 1. The van der Waals surface area contributed by atoms with Gasteiger partial charge >= 0.3 is 0 Å². The fraction of sp³-hybridized carbons (Fsp3) is 0.462. The summed E-state index contributed by atoms with van der Waals surface area (Å²) in [6, 6.07) is 5.86. The third kappa shape index (κ3) is 2.61. The zero-order valence-electron chi connectivity index (χ0n) is 10.7. The number of hydrogen-bond acceptors (Lipinski definition) is 3. The fourth-order valence-corrected chi connectivity index (χ4v) is 4.99. The van der Waals surface area contributed by atoms with Crippen molar-refractivity contribution in [3.8, 4) is 0 Å². The lowest BCUT2D eigenvalue weighted by Crippen LogP contribution is -2.14. The minimum Gasteiger partial charge on any atom is -0.324 e. The molecule has 0 spiro atoms. The largest absolute Gasteiger partial charge is 0.324 e. The molecule has 0 amide bonds. The lowest BCUT2D eigenvalue weighted by atomic mass is 10.2. The maximum Gasteiger partial charge on any atom is 0.152 e. The molecule has 0 radical (unpaired) electrons. The molecule has 1 aromatic heterocycles. The van der Waals surface area contributed by atoms with E-state index in [2.05, 4.69) is 25.5 Å². The first-order valence-electron chi connectivity index (χ1n) is 6.43. The Hall–Kier alpha value is -0.590. The molecule has 2 aromatic rings. The second kappa shape index (κ2) is 5.31. The van der Waals surface area contributed by atoms with E-state index in [0.717, 1.165) is 21.3 Å². The molecule has 1 saturated heterocycles. The molecule has 7 heteroatoms. The second-order valence-electron chi connectivity index (χ2n) is 5.03. The van der Waals surface area contributed by atoms with Gasteiger partial charge in [0.15, 0.2) is 9.84 Å². The Balaban J connectivity index is 2.14. The quantitative estimate of drug-likeness (QED) is 0.773. The number of aryl methyl sites for hydroxylation is 1.